The molecule has 190 valence electrons. The zero-order valence-corrected chi connectivity index (χ0v) is 20.9. The number of ether oxygens (including phenoxy) is 1. The van der Waals surface area contributed by atoms with Crippen LogP contribution in [0.4, 0.5) is 10.1 Å². The molecular formula is C28H34FN5O2. The Kier molecular flexibility index (Phi) is 7.51. The molecule has 0 unspecified atom stereocenters. The van der Waals surface area contributed by atoms with Crippen molar-refractivity contribution in [3.63, 3.8) is 0 Å². The third kappa shape index (κ3) is 5.38. The van der Waals surface area contributed by atoms with Gasteiger partial charge in [0.15, 0.2) is 0 Å². The number of halogens is 1. The van der Waals surface area contributed by atoms with Gasteiger partial charge in [-0.2, -0.15) is 0 Å². The fourth-order valence-electron chi connectivity index (χ4n) is 5.18. The summed E-state index contributed by atoms with van der Waals surface area (Å²) in [6, 6.07) is 14.7. The van der Waals surface area contributed by atoms with Crippen molar-refractivity contribution in [3.8, 4) is 17.1 Å². The van der Waals surface area contributed by atoms with Crippen molar-refractivity contribution in [2.45, 2.75) is 32.2 Å². The van der Waals surface area contributed by atoms with Crippen LogP contribution in [0.2, 0.25) is 0 Å². The van der Waals surface area contributed by atoms with Gasteiger partial charge in [0.2, 0.25) is 0 Å². The van der Waals surface area contributed by atoms with E-state index in [1.807, 2.05) is 18.2 Å². The summed E-state index contributed by atoms with van der Waals surface area (Å²) < 4.78 is 21.3. The van der Waals surface area contributed by atoms with Crippen molar-refractivity contribution in [1.29, 1.82) is 0 Å². The predicted octanol–water partition coefficient (Wildman–Crippen LogP) is 3.98. The Morgan fingerprint density at radius 3 is 2.58 bits per heavy atom. The van der Waals surface area contributed by atoms with Gasteiger partial charge in [-0.3, -0.25) is 9.69 Å². The van der Waals surface area contributed by atoms with Gasteiger partial charge >= 0.3 is 0 Å². The Morgan fingerprint density at radius 1 is 1.03 bits per heavy atom. The number of benzene rings is 2. The summed E-state index contributed by atoms with van der Waals surface area (Å²) in [6.45, 7) is 5.98. The number of anilines is 1. The minimum atomic E-state index is -0.295. The minimum absolute atomic E-state index is 0.139. The van der Waals surface area contributed by atoms with E-state index in [0.29, 0.717) is 23.6 Å². The molecule has 1 aromatic heterocycles. The van der Waals surface area contributed by atoms with Crippen LogP contribution in [0.25, 0.3) is 11.4 Å². The summed E-state index contributed by atoms with van der Waals surface area (Å²) in [7, 11) is 1.68. The lowest BCUT2D eigenvalue weighted by Gasteiger charge is -2.36. The highest BCUT2D eigenvalue weighted by atomic mass is 19.1. The Hall–Kier alpha value is -3.39. The predicted molar refractivity (Wildman–Crippen MR) is 139 cm³/mol. The van der Waals surface area contributed by atoms with E-state index in [-0.39, 0.29) is 11.7 Å². The molecule has 0 aliphatic carbocycles. The molecule has 0 atom stereocenters. The van der Waals surface area contributed by atoms with Gasteiger partial charge in [0.1, 0.15) is 23.1 Å². The van der Waals surface area contributed by atoms with Crippen molar-refractivity contribution in [2.24, 2.45) is 0 Å². The second kappa shape index (κ2) is 11.1. The number of carbonyl (C=O) groups excluding carboxylic acids is 1. The third-order valence-electron chi connectivity index (χ3n) is 7.19. The van der Waals surface area contributed by atoms with Crippen molar-refractivity contribution in [1.82, 2.24) is 19.8 Å². The number of aromatic nitrogens is 2. The molecule has 2 aromatic carbocycles. The summed E-state index contributed by atoms with van der Waals surface area (Å²) in [5.41, 5.74) is 3.38. The molecule has 36 heavy (non-hydrogen) atoms. The number of hydrogen-bond donors (Lipinski definition) is 1. The van der Waals surface area contributed by atoms with Crippen LogP contribution in [-0.2, 0) is 13.0 Å². The molecule has 2 aliphatic heterocycles. The highest BCUT2D eigenvalue weighted by Gasteiger charge is 2.25. The van der Waals surface area contributed by atoms with Gasteiger partial charge in [-0.05, 0) is 55.7 Å². The molecule has 0 spiro atoms. The molecule has 3 aromatic rings. The Labute approximate surface area is 211 Å². The van der Waals surface area contributed by atoms with Crippen LogP contribution >= 0.6 is 0 Å². The number of nitrogens with zero attached hydrogens (tertiary/aromatic N) is 4. The monoisotopic (exact) mass is 491 g/mol. The first kappa shape index (κ1) is 24.3. The lowest BCUT2D eigenvalue weighted by Crippen LogP contribution is -2.48. The molecule has 8 heteroatoms. The summed E-state index contributed by atoms with van der Waals surface area (Å²) in [6.07, 6.45) is 4.01. The molecule has 2 aliphatic rings. The van der Waals surface area contributed by atoms with Crippen molar-refractivity contribution in [2.75, 3.05) is 51.3 Å². The van der Waals surface area contributed by atoms with Gasteiger partial charge in [-0.1, -0.05) is 18.6 Å². The summed E-state index contributed by atoms with van der Waals surface area (Å²) >= 11 is 0. The zero-order valence-electron chi connectivity index (χ0n) is 20.9. The smallest absolute Gasteiger partial charge is 0.271 e. The molecule has 0 saturated carbocycles. The maximum absolute atomic E-state index is 13.9. The fourth-order valence-corrected chi connectivity index (χ4v) is 5.18. The number of carbonyl (C=O) groups is 1. The lowest BCUT2D eigenvalue weighted by molar-refractivity contribution is 0.0942. The standard InChI is InChI=1S/C28H34FN5O2/c1-36-24-11-9-23(10-12-24)33-18-16-32(17-19-33)15-13-30-28(35)26-25-8-3-2-4-14-34(25)27(31-26)21-6-5-7-22(29)20-21/h5-7,9-12,20H,2-4,8,13-19H2,1H3,(H,30,35). The van der Waals surface area contributed by atoms with Gasteiger partial charge in [0.25, 0.3) is 5.91 Å². The number of imidazole rings is 1. The number of methoxy groups -OCH3 is 1. The number of rotatable bonds is 7. The lowest BCUT2D eigenvalue weighted by atomic mass is 10.1. The van der Waals surface area contributed by atoms with E-state index in [1.165, 1.54) is 17.8 Å². The van der Waals surface area contributed by atoms with Gasteiger partial charge < -0.3 is 19.5 Å². The Balaban J connectivity index is 1.18. The Bertz CT molecular complexity index is 1190. The molecule has 0 radical (unpaired) electrons. The molecule has 1 fully saturated rings. The van der Waals surface area contributed by atoms with Crippen LogP contribution in [0.1, 0.15) is 35.4 Å². The maximum Gasteiger partial charge on any atom is 0.271 e. The highest BCUT2D eigenvalue weighted by molar-refractivity contribution is 5.94. The van der Waals surface area contributed by atoms with Crippen LogP contribution in [0.15, 0.2) is 48.5 Å². The van der Waals surface area contributed by atoms with E-state index in [9.17, 15) is 9.18 Å². The zero-order chi connectivity index (χ0) is 24.9. The van der Waals surface area contributed by atoms with Crippen LogP contribution in [-0.4, -0.2) is 66.7 Å². The first-order valence-corrected chi connectivity index (χ1v) is 12.9. The topological polar surface area (TPSA) is 62.6 Å². The molecule has 7 nitrogen and oxygen atoms in total. The number of amides is 1. The average molecular weight is 492 g/mol. The molecular weight excluding hydrogens is 457 g/mol. The van der Waals surface area contributed by atoms with Crippen LogP contribution in [0.5, 0.6) is 5.75 Å². The van der Waals surface area contributed by atoms with Crippen molar-refractivity contribution >= 4 is 11.6 Å². The van der Waals surface area contributed by atoms with Crippen molar-refractivity contribution < 1.29 is 13.9 Å². The average Bonchev–Trinajstić information content (AvgIpc) is 3.10. The first-order chi connectivity index (χ1) is 17.6. The van der Waals surface area contributed by atoms with E-state index >= 15 is 0 Å². The van der Waals surface area contributed by atoms with Crippen molar-refractivity contribution in [3.05, 3.63) is 65.7 Å². The van der Waals surface area contributed by atoms with Crippen LogP contribution < -0.4 is 15.0 Å². The van der Waals surface area contributed by atoms with E-state index < -0.39 is 0 Å². The SMILES string of the molecule is COc1ccc(N2CCN(CCNC(=O)c3nc(-c4cccc(F)c4)n4c3CCCCC4)CC2)cc1. The van der Waals surface area contributed by atoms with E-state index in [0.717, 1.165) is 76.4 Å². The molecule has 0 bridgehead atoms. The number of nitrogens with one attached hydrogen (secondary N) is 1. The fraction of sp³-hybridized carbons (Fsp3) is 0.429. The molecule has 1 amide bonds. The molecule has 1 saturated heterocycles. The second-order valence-corrected chi connectivity index (χ2v) is 9.49. The summed E-state index contributed by atoms with van der Waals surface area (Å²) in [5, 5.41) is 3.09. The summed E-state index contributed by atoms with van der Waals surface area (Å²) in [5.74, 6) is 1.12. The van der Waals surface area contributed by atoms with E-state index in [2.05, 4.69) is 31.8 Å². The molecule has 5 rings (SSSR count). The van der Waals surface area contributed by atoms with E-state index in [1.54, 1.807) is 13.2 Å². The number of piperazine rings is 1. The minimum Gasteiger partial charge on any atom is -0.497 e. The first-order valence-electron chi connectivity index (χ1n) is 12.9. The van der Waals surface area contributed by atoms with Crippen LogP contribution in [0, 0.1) is 5.82 Å². The van der Waals surface area contributed by atoms with E-state index in [4.69, 9.17) is 9.72 Å². The van der Waals surface area contributed by atoms with Gasteiger partial charge in [0.05, 0.1) is 12.8 Å². The highest BCUT2D eigenvalue weighted by Crippen LogP contribution is 2.27. The van der Waals surface area contributed by atoms with Crippen LogP contribution in [0.3, 0.4) is 0 Å². The van der Waals surface area contributed by atoms with Gasteiger partial charge in [0, 0.05) is 57.1 Å². The maximum atomic E-state index is 13.9. The normalized spacial score (nSPS) is 16.3. The quantitative estimate of drug-likeness (QED) is 0.542. The number of hydrogen-bond acceptors (Lipinski definition) is 5. The largest absolute Gasteiger partial charge is 0.497 e. The third-order valence-corrected chi connectivity index (χ3v) is 7.19. The number of fused-ring (bicyclic) bond motifs is 1. The van der Waals surface area contributed by atoms with Gasteiger partial charge in [-0.15, -0.1) is 0 Å². The molecule has 3 heterocycles. The Morgan fingerprint density at radius 2 is 1.83 bits per heavy atom. The molecule has 1 N–H and O–H groups in total. The summed E-state index contributed by atoms with van der Waals surface area (Å²) in [4.78, 5) is 22.7. The van der Waals surface area contributed by atoms with Gasteiger partial charge in [-0.25, -0.2) is 9.37 Å². The second-order valence-electron chi connectivity index (χ2n) is 9.49.